The standard InChI is InChI=1S/C30H37FN3O4PS/c1-3-19-37-39(36,38-20-4-2)29(25-13-9-6-10-14-25)34-30(40)33-27(21-23-11-7-5-8-12-23)28(35)32-22-24-15-17-26(31)18-16-24/h5-18,27,29H,3-4,19-22H2,1-2H3,(H,32,35)(H2,33,34,40)/t27-,29?/m0/s1. The summed E-state index contributed by atoms with van der Waals surface area (Å²) in [6, 6.07) is 24.0. The first kappa shape index (κ1) is 31.4. The number of carbonyl (C=O) groups excluding carboxylic acids is 1. The van der Waals surface area contributed by atoms with Crippen LogP contribution in [0.4, 0.5) is 4.39 Å². The second-order valence-electron chi connectivity index (χ2n) is 9.22. The molecule has 0 aromatic heterocycles. The van der Waals surface area contributed by atoms with E-state index in [2.05, 4.69) is 16.0 Å². The summed E-state index contributed by atoms with van der Waals surface area (Å²) in [5.41, 5.74) is 2.38. The molecule has 0 heterocycles. The van der Waals surface area contributed by atoms with Crippen molar-refractivity contribution in [3.05, 3.63) is 107 Å². The van der Waals surface area contributed by atoms with Crippen molar-refractivity contribution in [2.45, 2.75) is 51.5 Å². The van der Waals surface area contributed by atoms with Crippen LogP contribution >= 0.6 is 19.8 Å². The Bertz CT molecular complexity index is 1240. The maximum atomic E-state index is 14.1. The molecule has 1 amide bonds. The summed E-state index contributed by atoms with van der Waals surface area (Å²) in [6.45, 7) is 4.60. The Morgan fingerprint density at radius 1 is 0.850 bits per heavy atom. The van der Waals surface area contributed by atoms with Gasteiger partial charge in [0.15, 0.2) is 10.9 Å². The number of carbonyl (C=O) groups is 1. The van der Waals surface area contributed by atoms with Gasteiger partial charge in [0.1, 0.15) is 11.9 Å². The molecule has 3 N–H and O–H groups in total. The minimum Gasteiger partial charge on any atom is -0.351 e. The Balaban J connectivity index is 1.81. The van der Waals surface area contributed by atoms with Gasteiger partial charge in [0.2, 0.25) is 5.91 Å². The molecule has 0 aliphatic heterocycles. The van der Waals surface area contributed by atoms with Crippen molar-refractivity contribution in [1.29, 1.82) is 0 Å². The number of benzene rings is 3. The SMILES string of the molecule is CCCOP(=O)(OCCC)C(NC(=S)N[C@@H](Cc1ccccc1)C(=O)NCc1ccc(F)cc1)c1ccccc1. The smallest absolute Gasteiger partial charge is 0.351 e. The molecule has 0 aliphatic rings. The average Bonchev–Trinajstić information content (AvgIpc) is 2.98. The molecule has 214 valence electrons. The fourth-order valence-corrected chi connectivity index (χ4v) is 6.32. The van der Waals surface area contributed by atoms with E-state index >= 15 is 0 Å². The van der Waals surface area contributed by atoms with Gasteiger partial charge in [0, 0.05) is 13.0 Å². The van der Waals surface area contributed by atoms with Gasteiger partial charge in [-0.05, 0) is 53.9 Å². The third-order valence-corrected chi connectivity index (χ3v) is 8.31. The van der Waals surface area contributed by atoms with Crippen LogP contribution in [0, 0.1) is 5.82 Å². The Kier molecular flexibility index (Phi) is 12.8. The maximum Gasteiger partial charge on any atom is 0.357 e. The molecular formula is C30H37FN3O4PS. The van der Waals surface area contributed by atoms with Crippen LogP contribution in [0.15, 0.2) is 84.9 Å². The molecule has 2 atom stereocenters. The molecule has 0 bridgehead atoms. The Hall–Kier alpha value is -3.10. The Morgan fingerprint density at radius 3 is 2.00 bits per heavy atom. The molecule has 7 nitrogen and oxygen atoms in total. The van der Waals surface area contributed by atoms with E-state index in [0.717, 1.165) is 11.1 Å². The van der Waals surface area contributed by atoms with E-state index in [1.807, 2.05) is 74.5 Å². The van der Waals surface area contributed by atoms with E-state index in [0.29, 0.717) is 24.8 Å². The number of thiocarbonyl (C=S) groups is 1. The summed E-state index contributed by atoms with van der Waals surface area (Å²) < 4.78 is 39.0. The van der Waals surface area contributed by atoms with Gasteiger partial charge >= 0.3 is 7.60 Å². The van der Waals surface area contributed by atoms with Crippen LogP contribution in [0.5, 0.6) is 0 Å². The van der Waals surface area contributed by atoms with Crippen molar-refractivity contribution in [2.75, 3.05) is 13.2 Å². The molecule has 0 aliphatic carbocycles. The average molecular weight is 586 g/mol. The zero-order valence-corrected chi connectivity index (χ0v) is 24.6. The van der Waals surface area contributed by atoms with Crippen molar-refractivity contribution < 1.29 is 22.8 Å². The molecule has 0 saturated heterocycles. The number of nitrogens with one attached hydrogen (secondary N) is 3. The van der Waals surface area contributed by atoms with Gasteiger partial charge in [0.25, 0.3) is 0 Å². The van der Waals surface area contributed by atoms with Crippen LogP contribution in [0.3, 0.4) is 0 Å². The third-order valence-electron chi connectivity index (χ3n) is 5.93. The lowest BCUT2D eigenvalue weighted by atomic mass is 10.1. The fourth-order valence-electron chi connectivity index (χ4n) is 3.90. The van der Waals surface area contributed by atoms with Gasteiger partial charge in [0.05, 0.1) is 13.2 Å². The lowest BCUT2D eigenvalue weighted by molar-refractivity contribution is -0.122. The molecule has 3 aromatic carbocycles. The molecule has 0 radical (unpaired) electrons. The molecule has 0 spiro atoms. The van der Waals surface area contributed by atoms with Gasteiger partial charge in [-0.25, -0.2) is 4.39 Å². The molecule has 3 aromatic rings. The number of halogens is 1. The highest BCUT2D eigenvalue weighted by Crippen LogP contribution is 2.59. The zero-order chi connectivity index (χ0) is 28.8. The zero-order valence-electron chi connectivity index (χ0n) is 22.8. The van der Waals surface area contributed by atoms with Crippen LogP contribution in [0.2, 0.25) is 0 Å². The molecule has 0 saturated carbocycles. The first-order valence-electron chi connectivity index (χ1n) is 13.4. The van der Waals surface area contributed by atoms with E-state index in [1.54, 1.807) is 12.1 Å². The lowest BCUT2D eigenvalue weighted by Gasteiger charge is -2.30. The van der Waals surface area contributed by atoms with E-state index in [4.69, 9.17) is 21.3 Å². The summed E-state index contributed by atoms with van der Waals surface area (Å²) >= 11 is 5.65. The molecule has 3 rings (SSSR count). The number of rotatable bonds is 15. The molecule has 40 heavy (non-hydrogen) atoms. The number of hydrogen-bond donors (Lipinski definition) is 3. The first-order chi connectivity index (χ1) is 19.3. The molecule has 10 heteroatoms. The van der Waals surface area contributed by atoms with Gasteiger partial charge < -0.3 is 25.0 Å². The minimum absolute atomic E-state index is 0.132. The predicted molar refractivity (Wildman–Crippen MR) is 160 cm³/mol. The van der Waals surface area contributed by atoms with Gasteiger partial charge in [-0.1, -0.05) is 86.6 Å². The van der Waals surface area contributed by atoms with Crippen LogP contribution in [-0.4, -0.2) is 30.3 Å². The van der Waals surface area contributed by atoms with Crippen LogP contribution in [0.1, 0.15) is 49.2 Å². The first-order valence-corrected chi connectivity index (χ1v) is 15.4. The minimum atomic E-state index is -3.70. The molecule has 1 unspecified atom stereocenters. The van der Waals surface area contributed by atoms with E-state index in [1.165, 1.54) is 12.1 Å². The van der Waals surface area contributed by atoms with Crippen molar-refractivity contribution in [1.82, 2.24) is 16.0 Å². The van der Waals surface area contributed by atoms with E-state index in [-0.39, 0.29) is 36.6 Å². The highest BCUT2D eigenvalue weighted by atomic mass is 32.1. The van der Waals surface area contributed by atoms with Gasteiger partial charge in [-0.2, -0.15) is 0 Å². The second-order valence-corrected chi connectivity index (χ2v) is 11.7. The fraction of sp³-hybridized carbons (Fsp3) is 0.333. The van der Waals surface area contributed by atoms with Crippen molar-refractivity contribution in [2.24, 2.45) is 0 Å². The summed E-state index contributed by atoms with van der Waals surface area (Å²) in [6.07, 6.45) is 1.68. The van der Waals surface area contributed by atoms with Crippen LogP contribution in [0.25, 0.3) is 0 Å². The molecule has 0 fully saturated rings. The van der Waals surface area contributed by atoms with E-state index < -0.39 is 19.4 Å². The maximum absolute atomic E-state index is 14.1. The lowest BCUT2D eigenvalue weighted by Crippen LogP contribution is -2.51. The summed E-state index contributed by atoms with van der Waals surface area (Å²) in [7, 11) is -3.70. The van der Waals surface area contributed by atoms with Gasteiger partial charge in [-0.15, -0.1) is 0 Å². The monoisotopic (exact) mass is 585 g/mol. The van der Waals surface area contributed by atoms with Crippen LogP contribution < -0.4 is 16.0 Å². The summed E-state index contributed by atoms with van der Waals surface area (Å²) in [5, 5.41) is 9.27. The van der Waals surface area contributed by atoms with Crippen molar-refractivity contribution in [3.8, 4) is 0 Å². The predicted octanol–water partition coefficient (Wildman–Crippen LogP) is 6.26. The number of hydrogen-bond acceptors (Lipinski definition) is 5. The third kappa shape index (κ3) is 9.82. The Morgan fingerprint density at radius 2 is 1.43 bits per heavy atom. The highest BCUT2D eigenvalue weighted by molar-refractivity contribution is 7.80. The largest absolute Gasteiger partial charge is 0.357 e. The number of amides is 1. The topological polar surface area (TPSA) is 88.7 Å². The quantitative estimate of drug-likeness (QED) is 0.143. The summed E-state index contributed by atoms with van der Waals surface area (Å²) in [4.78, 5) is 13.3. The van der Waals surface area contributed by atoms with Crippen molar-refractivity contribution in [3.63, 3.8) is 0 Å². The van der Waals surface area contributed by atoms with Crippen molar-refractivity contribution >= 4 is 30.8 Å². The van der Waals surface area contributed by atoms with Crippen LogP contribution in [-0.2, 0) is 31.4 Å². The normalized spacial score (nSPS) is 12.8. The Labute approximate surface area is 241 Å². The molecular weight excluding hydrogens is 548 g/mol. The summed E-state index contributed by atoms with van der Waals surface area (Å²) in [5.74, 6) is -1.51. The van der Waals surface area contributed by atoms with E-state index in [9.17, 15) is 13.8 Å². The van der Waals surface area contributed by atoms with Gasteiger partial charge in [-0.3, -0.25) is 9.36 Å². The highest BCUT2D eigenvalue weighted by Gasteiger charge is 2.38. The second kappa shape index (κ2) is 16.2.